The number of carbonyl (C=O) groups is 2. The lowest BCUT2D eigenvalue weighted by Crippen LogP contribution is -2.43. The Hall–Kier alpha value is -4.26. The minimum atomic E-state index is -2.71. The van der Waals surface area contributed by atoms with Crippen LogP contribution in [0.5, 0.6) is 5.88 Å². The van der Waals surface area contributed by atoms with E-state index < -0.39 is 23.8 Å². The number of carbonyl (C=O) groups excluding carboxylic acids is 2. The second kappa shape index (κ2) is 9.41. The first-order valence-corrected chi connectivity index (χ1v) is 11.6. The maximum Gasteiger partial charge on any atom is 0.255 e. The summed E-state index contributed by atoms with van der Waals surface area (Å²) in [4.78, 5) is 37.3. The van der Waals surface area contributed by atoms with E-state index in [2.05, 4.69) is 30.7 Å². The van der Waals surface area contributed by atoms with Crippen LogP contribution in [0.2, 0.25) is 0 Å². The van der Waals surface area contributed by atoms with E-state index in [9.17, 15) is 18.4 Å². The monoisotopic (exact) mass is 512 g/mol. The molecular weight excluding hydrogens is 494 g/mol. The Balaban J connectivity index is 1.19. The third-order valence-electron chi connectivity index (χ3n) is 5.19. The number of benzene rings is 1. The molecule has 10 nitrogen and oxygen atoms in total. The number of nitrogens with one attached hydrogen (secondary N) is 2. The van der Waals surface area contributed by atoms with Crippen LogP contribution in [0.4, 0.5) is 13.9 Å². The van der Waals surface area contributed by atoms with Crippen molar-refractivity contribution in [3.63, 3.8) is 0 Å². The molecule has 0 saturated heterocycles. The van der Waals surface area contributed by atoms with E-state index >= 15 is 0 Å². The van der Waals surface area contributed by atoms with Crippen LogP contribution in [0.15, 0.2) is 53.3 Å². The number of nitrogens with zero attached hydrogens (tertiary/aromatic N) is 4. The van der Waals surface area contributed by atoms with Crippen molar-refractivity contribution in [1.82, 2.24) is 25.4 Å². The highest BCUT2D eigenvalue weighted by atomic mass is 32.1. The van der Waals surface area contributed by atoms with Gasteiger partial charge in [-0.2, -0.15) is 4.98 Å². The Morgan fingerprint density at radius 3 is 2.83 bits per heavy atom. The van der Waals surface area contributed by atoms with Gasteiger partial charge in [-0.3, -0.25) is 14.9 Å². The van der Waals surface area contributed by atoms with Crippen molar-refractivity contribution in [2.24, 2.45) is 0 Å². The van der Waals surface area contributed by atoms with Gasteiger partial charge in [0, 0.05) is 49.4 Å². The molecular formula is C23H18F2N6O4S. The van der Waals surface area contributed by atoms with Crippen molar-refractivity contribution >= 4 is 38.5 Å². The number of alkyl halides is 2. The van der Waals surface area contributed by atoms with E-state index in [1.165, 1.54) is 12.4 Å². The number of hydrogen-bond acceptors (Lipinski definition) is 9. The first kappa shape index (κ1) is 23.5. The van der Waals surface area contributed by atoms with E-state index in [0.29, 0.717) is 33.1 Å². The summed E-state index contributed by atoms with van der Waals surface area (Å²) < 4.78 is 37.3. The standard InChI is InChI=1S/C23H18F2N6O4S/c1-12-28-19(31-35-12)13-3-2-4-14(9-13)20(33)26-8-6-17(32)30-22-29-16-5-7-27-21(18(16)36-22)34-15-10-23(24,25)11-15/h2-9,15H,10-11H2,1H3,(H,26,33)(H,29,30,32). The number of thiazole rings is 1. The number of anilines is 1. The maximum absolute atomic E-state index is 13.1. The molecule has 1 aliphatic rings. The molecule has 1 saturated carbocycles. The van der Waals surface area contributed by atoms with Crippen molar-refractivity contribution in [1.29, 1.82) is 0 Å². The third-order valence-corrected chi connectivity index (χ3v) is 6.17. The molecule has 0 spiro atoms. The Kier molecular flexibility index (Phi) is 6.14. The van der Waals surface area contributed by atoms with Crippen LogP contribution in [0, 0.1) is 6.92 Å². The van der Waals surface area contributed by atoms with Gasteiger partial charge in [-0.05, 0) is 18.2 Å². The summed E-state index contributed by atoms with van der Waals surface area (Å²) in [5, 5.41) is 9.22. The van der Waals surface area contributed by atoms with Crippen LogP contribution in [-0.4, -0.2) is 43.9 Å². The van der Waals surface area contributed by atoms with Crippen LogP contribution in [-0.2, 0) is 4.79 Å². The fourth-order valence-corrected chi connectivity index (χ4v) is 4.35. The van der Waals surface area contributed by atoms with Gasteiger partial charge < -0.3 is 14.6 Å². The van der Waals surface area contributed by atoms with Gasteiger partial charge in [0.25, 0.3) is 17.7 Å². The Morgan fingerprint density at radius 1 is 1.25 bits per heavy atom. The number of pyridine rings is 1. The van der Waals surface area contributed by atoms with Crippen molar-refractivity contribution in [3.05, 3.63) is 60.3 Å². The fourth-order valence-electron chi connectivity index (χ4n) is 3.46. The van der Waals surface area contributed by atoms with Crippen LogP contribution >= 0.6 is 11.3 Å². The summed E-state index contributed by atoms with van der Waals surface area (Å²) in [5.74, 6) is -2.70. The van der Waals surface area contributed by atoms with Gasteiger partial charge in [0.2, 0.25) is 17.6 Å². The number of aromatic nitrogens is 4. The Bertz CT molecular complexity index is 1480. The molecule has 1 aliphatic carbocycles. The lowest BCUT2D eigenvalue weighted by atomic mass is 9.91. The second-order valence-corrected chi connectivity index (χ2v) is 9.00. The average molecular weight is 512 g/mol. The highest BCUT2D eigenvalue weighted by Gasteiger charge is 2.47. The number of rotatable bonds is 7. The third kappa shape index (κ3) is 5.20. The zero-order valence-electron chi connectivity index (χ0n) is 18.7. The SMILES string of the molecule is Cc1nc(-c2cccc(C(=O)NC=CC(=O)Nc3nc4ccnc(OC5CC(F)(F)C5)c4s3)c2)no1. The normalized spacial score (nSPS) is 15.1. The van der Waals surface area contributed by atoms with Crippen molar-refractivity contribution in [2.75, 3.05) is 5.32 Å². The number of hydrogen-bond donors (Lipinski definition) is 2. The van der Waals surface area contributed by atoms with Gasteiger partial charge in [0.1, 0.15) is 10.8 Å². The molecule has 36 heavy (non-hydrogen) atoms. The lowest BCUT2D eigenvalue weighted by Gasteiger charge is -2.34. The summed E-state index contributed by atoms with van der Waals surface area (Å²) in [6.07, 6.45) is 2.49. The van der Waals surface area contributed by atoms with Crippen LogP contribution in [0.25, 0.3) is 21.6 Å². The van der Waals surface area contributed by atoms with Crippen LogP contribution in [0.3, 0.4) is 0 Å². The van der Waals surface area contributed by atoms with Gasteiger partial charge in [-0.1, -0.05) is 28.6 Å². The van der Waals surface area contributed by atoms with E-state index in [-0.39, 0.29) is 23.9 Å². The molecule has 184 valence electrons. The lowest BCUT2D eigenvalue weighted by molar-refractivity contribution is -0.135. The molecule has 1 fully saturated rings. The number of ether oxygens (including phenoxy) is 1. The molecule has 1 aromatic carbocycles. The van der Waals surface area contributed by atoms with Crippen LogP contribution in [0.1, 0.15) is 29.1 Å². The summed E-state index contributed by atoms with van der Waals surface area (Å²) in [6.45, 7) is 1.67. The zero-order valence-corrected chi connectivity index (χ0v) is 19.5. The first-order chi connectivity index (χ1) is 17.3. The van der Waals surface area contributed by atoms with Crippen molar-refractivity contribution in [3.8, 4) is 17.3 Å². The van der Waals surface area contributed by atoms with E-state index in [1.54, 1.807) is 37.3 Å². The molecule has 0 aliphatic heterocycles. The minimum absolute atomic E-state index is 0.201. The number of halogens is 2. The summed E-state index contributed by atoms with van der Waals surface area (Å²) in [7, 11) is 0. The number of aryl methyl sites for hydroxylation is 1. The molecule has 2 N–H and O–H groups in total. The molecule has 3 heterocycles. The smallest absolute Gasteiger partial charge is 0.255 e. The fraction of sp³-hybridized carbons (Fsp3) is 0.217. The molecule has 13 heteroatoms. The maximum atomic E-state index is 13.1. The van der Waals surface area contributed by atoms with Gasteiger partial charge >= 0.3 is 0 Å². The summed E-state index contributed by atoms with van der Waals surface area (Å²) in [6, 6.07) is 8.27. The molecule has 4 aromatic rings. The van der Waals surface area contributed by atoms with Crippen molar-refractivity contribution < 1.29 is 27.6 Å². The highest BCUT2D eigenvalue weighted by Crippen LogP contribution is 2.41. The first-order valence-electron chi connectivity index (χ1n) is 10.7. The predicted octanol–water partition coefficient (Wildman–Crippen LogP) is 4.11. The highest BCUT2D eigenvalue weighted by molar-refractivity contribution is 7.22. The average Bonchev–Trinajstić information content (AvgIpc) is 3.44. The number of amides is 2. The van der Waals surface area contributed by atoms with Gasteiger partial charge in [0.15, 0.2) is 5.13 Å². The van der Waals surface area contributed by atoms with Crippen LogP contribution < -0.4 is 15.4 Å². The molecule has 0 bridgehead atoms. The van der Waals surface area contributed by atoms with Gasteiger partial charge in [-0.25, -0.2) is 18.7 Å². The molecule has 3 aromatic heterocycles. The molecule has 0 atom stereocenters. The van der Waals surface area contributed by atoms with E-state index in [4.69, 9.17) is 9.26 Å². The molecule has 0 radical (unpaired) electrons. The Labute approximate surface area is 206 Å². The summed E-state index contributed by atoms with van der Waals surface area (Å²) in [5.41, 5.74) is 1.47. The quantitative estimate of drug-likeness (QED) is 0.354. The van der Waals surface area contributed by atoms with Gasteiger partial charge in [0.05, 0.1) is 5.52 Å². The molecule has 0 unspecified atom stereocenters. The Morgan fingerprint density at radius 2 is 2.08 bits per heavy atom. The topological polar surface area (TPSA) is 132 Å². The second-order valence-electron chi connectivity index (χ2n) is 8.00. The minimum Gasteiger partial charge on any atom is -0.473 e. The van der Waals surface area contributed by atoms with Gasteiger partial charge in [-0.15, -0.1) is 0 Å². The zero-order chi connectivity index (χ0) is 25.3. The van der Waals surface area contributed by atoms with E-state index in [0.717, 1.165) is 17.4 Å². The number of fused-ring (bicyclic) bond motifs is 1. The molecule has 2 amide bonds. The molecule has 5 rings (SSSR count). The predicted molar refractivity (Wildman–Crippen MR) is 126 cm³/mol. The summed E-state index contributed by atoms with van der Waals surface area (Å²) >= 11 is 1.11. The van der Waals surface area contributed by atoms with Crippen molar-refractivity contribution in [2.45, 2.75) is 31.8 Å². The van der Waals surface area contributed by atoms with E-state index in [1.807, 2.05) is 0 Å². The largest absolute Gasteiger partial charge is 0.473 e.